The lowest BCUT2D eigenvalue weighted by Gasteiger charge is -2.45. The summed E-state index contributed by atoms with van der Waals surface area (Å²) in [6.07, 6.45) is 8.07. The number of piperidine rings is 1. The van der Waals surface area contributed by atoms with Crippen LogP contribution in [0, 0.1) is 17.3 Å². The number of nitrogens with zero attached hydrogens (tertiary/aromatic N) is 1. The summed E-state index contributed by atoms with van der Waals surface area (Å²) < 4.78 is 0. The first kappa shape index (κ1) is 15.8. The van der Waals surface area contributed by atoms with E-state index in [-0.39, 0.29) is 5.41 Å². The van der Waals surface area contributed by atoms with Gasteiger partial charge in [-0.1, -0.05) is 39.5 Å². The summed E-state index contributed by atoms with van der Waals surface area (Å²) in [4.78, 5) is 15.4. The number of carbonyl (C=O) groups excluding carboxylic acids is 1. The predicted molar refractivity (Wildman–Crippen MR) is 83.3 cm³/mol. The van der Waals surface area contributed by atoms with E-state index in [0.717, 1.165) is 32.2 Å². The molecule has 3 heteroatoms. The minimum atomic E-state index is -0.262. The van der Waals surface area contributed by atoms with Crippen LogP contribution in [0.3, 0.4) is 0 Å². The van der Waals surface area contributed by atoms with Crippen LogP contribution >= 0.6 is 0 Å². The van der Waals surface area contributed by atoms with Gasteiger partial charge in [-0.3, -0.25) is 4.79 Å². The summed E-state index contributed by atoms with van der Waals surface area (Å²) in [6.45, 7) is 8.22. The molecule has 1 saturated carbocycles. The molecular weight excluding hydrogens is 248 g/mol. The van der Waals surface area contributed by atoms with Crippen LogP contribution in [0.1, 0.15) is 65.7 Å². The van der Waals surface area contributed by atoms with E-state index in [2.05, 4.69) is 25.7 Å². The SMILES string of the molecule is CC1CC(C)C(C)N(C(=O)C2(CN)CCCCCC2)C1. The molecule has 20 heavy (non-hydrogen) atoms. The van der Waals surface area contributed by atoms with Gasteiger partial charge in [-0.25, -0.2) is 0 Å². The third-order valence-corrected chi connectivity index (χ3v) is 5.76. The largest absolute Gasteiger partial charge is 0.339 e. The molecule has 0 aromatic heterocycles. The van der Waals surface area contributed by atoms with Gasteiger partial charge < -0.3 is 10.6 Å². The van der Waals surface area contributed by atoms with E-state index >= 15 is 0 Å². The van der Waals surface area contributed by atoms with Crippen molar-refractivity contribution in [3.8, 4) is 0 Å². The van der Waals surface area contributed by atoms with Gasteiger partial charge in [0.25, 0.3) is 0 Å². The fourth-order valence-electron chi connectivity index (χ4n) is 4.20. The first-order valence-electron chi connectivity index (χ1n) is 8.51. The molecule has 3 unspecified atom stereocenters. The van der Waals surface area contributed by atoms with Gasteiger partial charge in [-0.2, -0.15) is 0 Å². The first-order chi connectivity index (χ1) is 9.50. The van der Waals surface area contributed by atoms with Gasteiger partial charge in [0.2, 0.25) is 5.91 Å². The van der Waals surface area contributed by atoms with Gasteiger partial charge in [-0.15, -0.1) is 0 Å². The van der Waals surface area contributed by atoms with E-state index in [1.807, 2.05) is 0 Å². The summed E-state index contributed by atoms with van der Waals surface area (Å²) in [5.41, 5.74) is 5.82. The van der Waals surface area contributed by atoms with Crippen LogP contribution in [0.4, 0.5) is 0 Å². The average molecular weight is 280 g/mol. The van der Waals surface area contributed by atoms with E-state index < -0.39 is 0 Å². The fourth-order valence-corrected chi connectivity index (χ4v) is 4.20. The zero-order valence-corrected chi connectivity index (χ0v) is 13.5. The monoisotopic (exact) mass is 280 g/mol. The second kappa shape index (κ2) is 6.46. The lowest BCUT2D eigenvalue weighted by atomic mass is 9.76. The van der Waals surface area contributed by atoms with Crippen LogP contribution in [0.25, 0.3) is 0 Å². The standard InChI is InChI=1S/C17H32N2O/c1-13-10-14(2)15(3)19(11-13)16(20)17(12-18)8-6-4-5-7-9-17/h13-15H,4-12,18H2,1-3H3. The normalized spacial score (nSPS) is 34.6. The third kappa shape index (κ3) is 3.03. The van der Waals surface area contributed by atoms with Crippen molar-refractivity contribution in [1.29, 1.82) is 0 Å². The Morgan fingerprint density at radius 1 is 1.15 bits per heavy atom. The highest BCUT2D eigenvalue weighted by Gasteiger charge is 2.43. The molecule has 2 fully saturated rings. The summed E-state index contributed by atoms with van der Waals surface area (Å²) in [7, 11) is 0. The third-order valence-electron chi connectivity index (χ3n) is 5.76. The van der Waals surface area contributed by atoms with Crippen molar-refractivity contribution < 1.29 is 4.79 Å². The van der Waals surface area contributed by atoms with Gasteiger partial charge in [-0.05, 0) is 38.0 Å². The maximum atomic E-state index is 13.2. The van der Waals surface area contributed by atoms with Crippen LogP contribution in [-0.2, 0) is 4.79 Å². The summed E-state index contributed by atoms with van der Waals surface area (Å²) in [5.74, 6) is 1.57. The van der Waals surface area contributed by atoms with E-state index in [9.17, 15) is 4.79 Å². The van der Waals surface area contributed by atoms with Gasteiger partial charge in [0.05, 0.1) is 5.41 Å². The Morgan fingerprint density at radius 3 is 2.30 bits per heavy atom. The molecule has 2 N–H and O–H groups in total. The van der Waals surface area contributed by atoms with Crippen LogP contribution < -0.4 is 5.73 Å². The lowest BCUT2D eigenvalue weighted by molar-refractivity contribution is -0.148. The summed E-state index contributed by atoms with van der Waals surface area (Å²) in [6, 6.07) is 0.366. The maximum Gasteiger partial charge on any atom is 0.230 e. The second-order valence-electron chi connectivity index (χ2n) is 7.41. The molecule has 0 radical (unpaired) electrons. The molecule has 1 saturated heterocycles. The number of rotatable bonds is 2. The van der Waals surface area contributed by atoms with Crippen LogP contribution in [0.2, 0.25) is 0 Å². The number of hydrogen-bond donors (Lipinski definition) is 1. The Hall–Kier alpha value is -0.570. The maximum absolute atomic E-state index is 13.2. The van der Waals surface area contributed by atoms with Crippen molar-refractivity contribution in [2.45, 2.75) is 71.8 Å². The number of likely N-dealkylation sites (tertiary alicyclic amines) is 1. The number of hydrogen-bond acceptors (Lipinski definition) is 2. The molecule has 3 nitrogen and oxygen atoms in total. The highest BCUT2D eigenvalue weighted by atomic mass is 16.2. The Bertz CT molecular complexity index is 334. The number of amides is 1. The molecule has 1 amide bonds. The van der Waals surface area contributed by atoms with Crippen LogP contribution in [-0.4, -0.2) is 29.9 Å². The molecule has 0 aromatic carbocycles. The Morgan fingerprint density at radius 2 is 1.75 bits per heavy atom. The van der Waals surface area contributed by atoms with Crippen molar-refractivity contribution in [3.63, 3.8) is 0 Å². The molecule has 0 bridgehead atoms. The van der Waals surface area contributed by atoms with Gasteiger partial charge >= 0.3 is 0 Å². The van der Waals surface area contributed by atoms with Gasteiger partial charge in [0.1, 0.15) is 0 Å². The second-order valence-corrected chi connectivity index (χ2v) is 7.41. The predicted octanol–water partition coefficient (Wildman–Crippen LogP) is 3.18. The molecule has 0 aromatic rings. The Kier molecular flexibility index (Phi) is 5.11. The van der Waals surface area contributed by atoms with E-state index in [0.29, 0.717) is 30.3 Å². The zero-order chi connectivity index (χ0) is 14.8. The lowest BCUT2D eigenvalue weighted by Crippen LogP contribution is -2.56. The molecular formula is C17H32N2O. The topological polar surface area (TPSA) is 46.3 Å². The van der Waals surface area contributed by atoms with Crippen molar-refractivity contribution in [2.24, 2.45) is 23.0 Å². The molecule has 3 atom stereocenters. The number of carbonyl (C=O) groups is 1. The van der Waals surface area contributed by atoms with E-state index in [1.165, 1.54) is 19.3 Å². The highest BCUT2D eigenvalue weighted by molar-refractivity contribution is 5.83. The quantitative estimate of drug-likeness (QED) is 0.790. The zero-order valence-electron chi connectivity index (χ0n) is 13.5. The van der Waals surface area contributed by atoms with Crippen LogP contribution in [0.5, 0.6) is 0 Å². The molecule has 2 rings (SSSR count). The van der Waals surface area contributed by atoms with Crippen molar-refractivity contribution in [1.82, 2.24) is 4.90 Å². The van der Waals surface area contributed by atoms with E-state index in [4.69, 9.17) is 5.73 Å². The minimum absolute atomic E-state index is 0.262. The molecule has 1 aliphatic carbocycles. The smallest absolute Gasteiger partial charge is 0.230 e. The van der Waals surface area contributed by atoms with Crippen molar-refractivity contribution in [3.05, 3.63) is 0 Å². The molecule has 1 aliphatic heterocycles. The van der Waals surface area contributed by atoms with Gasteiger partial charge in [0, 0.05) is 19.1 Å². The fraction of sp³-hybridized carbons (Fsp3) is 0.941. The molecule has 1 heterocycles. The Labute approximate surface area is 124 Å². The molecule has 0 spiro atoms. The first-order valence-corrected chi connectivity index (χ1v) is 8.51. The average Bonchev–Trinajstić information content (AvgIpc) is 2.68. The van der Waals surface area contributed by atoms with E-state index in [1.54, 1.807) is 0 Å². The van der Waals surface area contributed by atoms with Crippen LogP contribution in [0.15, 0.2) is 0 Å². The Balaban J connectivity index is 2.18. The summed E-state index contributed by atoms with van der Waals surface area (Å²) in [5, 5.41) is 0. The minimum Gasteiger partial charge on any atom is -0.339 e. The van der Waals surface area contributed by atoms with Crippen molar-refractivity contribution >= 4 is 5.91 Å². The van der Waals surface area contributed by atoms with Crippen molar-refractivity contribution in [2.75, 3.05) is 13.1 Å². The number of nitrogens with two attached hydrogens (primary N) is 1. The summed E-state index contributed by atoms with van der Waals surface area (Å²) >= 11 is 0. The molecule has 2 aliphatic rings. The van der Waals surface area contributed by atoms with Gasteiger partial charge in [0.15, 0.2) is 0 Å². The molecule has 116 valence electrons. The highest BCUT2D eigenvalue weighted by Crippen LogP contribution is 2.38.